The van der Waals surface area contributed by atoms with Crippen molar-refractivity contribution in [2.45, 2.75) is 19.9 Å². The number of hydrogen-bond acceptors (Lipinski definition) is 4. The molecule has 0 aliphatic rings. The molecular weight excluding hydrogens is 260 g/mol. The van der Waals surface area contributed by atoms with Crippen LogP contribution < -0.4 is 5.32 Å². The number of fused-ring (bicyclic) bond motifs is 1. The molecule has 1 atom stereocenters. The second kappa shape index (κ2) is 5.97. The van der Waals surface area contributed by atoms with Gasteiger partial charge in [-0.05, 0) is 48.9 Å². The third-order valence-corrected chi connectivity index (χ3v) is 3.53. The minimum atomic E-state index is 0.121. The van der Waals surface area contributed by atoms with Gasteiger partial charge in [-0.15, -0.1) is 0 Å². The van der Waals surface area contributed by atoms with E-state index in [4.69, 9.17) is 0 Å². The summed E-state index contributed by atoms with van der Waals surface area (Å²) in [6.07, 6.45) is 3.54. The summed E-state index contributed by atoms with van der Waals surface area (Å²) in [7, 11) is 0. The van der Waals surface area contributed by atoms with Crippen molar-refractivity contribution >= 4 is 10.9 Å². The Balaban J connectivity index is 2.05. The Morgan fingerprint density at radius 1 is 1.05 bits per heavy atom. The van der Waals surface area contributed by atoms with Gasteiger partial charge in [-0.2, -0.15) is 10.2 Å². The lowest BCUT2D eigenvalue weighted by molar-refractivity contribution is 0.627. The molecule has 21 heavy (non-hydrogen) atoms. The van der Waals surface area contributed by atoms with E-state index in [2.05, 4.69) is 51.7 Å². The average molecular weight is 278 g/mol. The summed E-state index contributed by atoms with van der Waals surface area (Å²) in [5.74, 6) is 0. The lowest BCUT2D eigenvalue weighted by Gasteiger charge is -2.18. The Hall–Kier alpha value is -2.33. The van der Waals surface area contributed by atoms with Gasteiger partial charge in [0.25, 0.3) is 0 Å². The van der Waals surface area contributed by atoms with Gasteiger partial charge in [-0.25, -0.2) is 0 Å². The summed E-state index contributed by atoms with van der Waals surface area (Å²) in [6, 6.07) is 12.7. The van der Waals surface area contributed by atoms with Gasteiger partial charge in [0, 0.05) is 17.3 Å². The van der Waals surface area contributed by atoms with Crippen molar-refractivity contribution in [3.05, 3.63) is 65.6 Å². The number of aromatic nitrogens is 3. The molecule has 0 fully saturated rings. The molecule has 1 N–H and O–H groups in total. The smallest absolute Gasteiger partial charge is 0.0705 e. The van der Waals surface area contributed by atoms with Gasteiger partial charge >= 0.3 is 0 Å². The molecule has 2 aromatic heterocycles. The molecule has 2 heterocycles. The van der Waals surface area contributed by atoms with Crippen LogP contribution in [-0.2, 0) is 0 Å². The van der Waals surface area contributed by atoms with Crippen LogP contribution in [0.1, 0.15) is 29.8 Å². The van der Waals surface area contributed by atoms with E-state index in [1.807, 2.05) is 25.3 Å². The first-order valence-corrected chi connectivity index (χ1v) is 7.15. The monoisotopic (exact) mass is 278 g/mol. The molecule has 0 saturated heterocycles. The van der Waals surface area contributed by atoms with Gasteiger partial charge in [0.15, 0.2) is 0 Å². The van der Waals surface area contributed by atoms with Crippen LogP contribution in [0.5, 0.6) is 0 Å². The van der Waals surface area contributed by atoms with E-state index in [0.29, 0.717) is 0 Å². The molecule has 0 spiro atoms. The average Bonchev–Trinajstić information content (AvgIpc) is 2.53. The zero-order valence-corrected chi connectivity index (χ0v) is 12.2. The molecular formula is C17H18N4. The molecule has 106 valence electrons. The molecule has 1 unspecified atom stereocenters. The molecule has 0 amide bonds. The summed E-state index contributed by atoms with van der Waals surface area (Å²) < 4.78 is 0. The topological polar surface area (TPSA) is 50.7 Å². The van der Waals surface area contributed by atoms with E-state index in [0.717, 1.165) is 28.7 Å². The molecule has 1 aromatic carbocycles. The summed E-state index contributed by atoms with van der Waals surface area (Å²) in [6.45, 7) is 5.00. The SMILES string of the molecule is CCNC(c1ccnnc1)c1ccc2nc(C)ccc2c1. The van der Waals surface area contributed by atoms with Gasteiger partial charge in [-0.1, -0.05) is 19.1 Å². The highest BCUT2D eigenvalue weighted by atomic mass is 15.1. The normalized spacial score (nSPS) is 12.5. The van der Waals surface area contributed by atoms with Crippen molar-refractivity contribution in [1.82, 2.24) is 20.5 Å². The third-order valence-electron chi connectivity index (χ3n) is 3.53. The third kappa shape index (κ3) is 2.90. The highest BCUT2D eigenvalue weighted by Gasteiger charge is 2.13. The number of nitrogens with zero attached hydrogens (tertiary/aromatic N) is 3. The van der Waals surface area contributed by atoms with Crippen LogP contribution in [0.2, 0.25) is 0 Å². The van der Waals surface area contributed by atoms with Gasteiger partial charge in [0.2, 0.25) is 0 Å². The fraction of sp³-hybridized carbons (Fsp3) is 0.235. The number of hydrogen-bond donors (Lipinski definition) is 1. The number of pyridine rings is 1. The molecule has 4 heteroatoms. The second-order valence-corrected chi connectivity index (χ2v) is 5.07. The fourth-order valence-electron chi connectivity index (χ4n) is 2.53. The predicted molar refractivity (Wildman–Crippen MR) is 84.0 cm³/mol. The number of nitrogens with one attached hydrogen (secondary N) is 1. The van der Waals surface area contributed by atoms with Gasteiger partial charge in [0.1, 0.15) is 0 Å². The van der Waals surface area contributed by atoms with Crippen molar-refractivity contribution in [1.29, 1.82) is 0 Å². The first-order chi connectivity index (χ1) is 10.3. The standard InChI is InChI=1S/C17H18N4/c1-3-18-17(15-8-9-19-20-11-15)14-6-7-16-13(10-14)5-4-12(2)21-16/h4-11,17-18H,3H2,1-2H3. The van der Waals surface area contributed by atoms with Crippen molar-refractivity contribution in [2.75, 3.05) is 6.54 Å². The minimum absolute atomic E-state index is 0.121. The zero-order valence-electron chi connectivity index (χ0n) is 12.2. The Morgan fingerprint density at radius 2 is 1.95 bits per heavy atom. The number of benzene rings is 1. The van der Waals surface area contributed by atoms with Crippen molar-refractivity contribution < 1.29 is 0 Å². The maximum absolute atomic E-state index is 4.55. The van der Waals surface area contributed by atoms with E-state index in [-0.39, 0.29) is 6.04 Å². The van der Waals surface area contributed by atoms with Crippen LogP contribution in [0, 0.1) is 6.92 Å². The first-order valence-electron chi connectivity index (χ1n) is 7.15. The Kier molecular flexibility index (Phi) is 3.88. The second-order valence-electron chi connectivity index (χ2n) is 5.07. The molecule has 0 aliphatic heterocycles. The van der Waals surface area contributed by atoms with Gasteiger partial charge < -0.3 is 5.32 Å². The molecule has 3 aromatic rings. The van der Waals surface area contributed by atoms with Gasteiger partial charge in [0.05, 0.1) is 17.8 Å². The van der Waals surface area contributed by atoms with Crippen LogP contribution >= 0.6 is 0 Å². The quantitative estimate of drug-likeness (QED) is 0.797. The lowest BCUT2D eigenvalue weighted by atomic mass is 9.98. The van der Waals surface area contributed by atoms with Crippen LogP contribution in [0.4, 0.5) is 0 Å². The van der Waals surface area contributed by atoms with Crippen molar-refractivity contribution in [3.63, 3.8) is 0 Å². The fourth-order valence-corrected chi connectivity index (χ4v) is 2.53. The van der Waals surface area contributed by atoms with E-state index < -0.39 is 0 Å². The van der Waals surface area contributed by atoms with Crippen molar-refractivity contribution in [3.8, 4) is 0 Å². The highest BCUT2D eigenvalue weighted by molar-refractivity contribution is 5.79. The van der Waals surface area contributed by atoms with Crippen LogP contribution in [-0.4, -0.2) is 21.7 Å². The molecule has 3 rings (SSSR count). The van der Waals surface area contributed by atoms with Crippen LogP contribution in [0.25, 0.3) is 10.9 Å². The molecule has 0 radical (unpaired) electrons. The van der Waals surface area contributed by atoms with Crippen LogP contribution in [0.3, 0.4) is 0 Å². The maximum Gasteiger partial charge on any atom is 0.0705 e. The summed E-state index contributed by atoms with van der Waals surface area (Å²) in [5.41, 5.74) is 4.40. The van der Waals surface area contributed by atoms with Crippen molar-refractivity contribution in [2.24, 2.45) is 0 Å². The highest BCUT2D eigenvalue weighted by Crippen LogP contribution is 2.24. The first kappa shape index (κ1) is 13.6. The van der Waals surface area contributed by atoms with E-state index in [1.165, 1.54) is 5.56 Å². The molecule has 0 saturated carbocycles. The predicted octanol–water partition coefficient (Wildman–Crippen LogP) is 3.03. The molecule has 4 nitrogen and oxygen atoms in total. The summed E-state index contributed by atoms with van der Waals surface area (Å²) >= 11 is 0. The van der Waals surface area contributed by atoms with E-state index >= 15 is 0 Å². The lowest BCUT2D eigenvalue weighted by Crippen LogP contribution is -2.22. The zero-order chi connectivity index (χ0) is 14.7. The minimum Gasteiger partial charge on any atom is -0.306 e. The summed E-state index contributed by atoms with van der Waals surface area (Å²) in [4.78, 5) is 4.55. The van der Waals surface area contributed by atoms with Crippen LogP contribution in [0.15, 0.2) is 48.8 Å². The largest absolute Gasteiger partial charge is 0.306 e. The summed E-state index contributed by atoms with van der Waals surface area (Å²) in [5, 5.41) is 12.5. The Labute approximate surface area is 124 Å². The number of rotatable bonds is 4. The number of aryl methyl sites for hydroxylation is 1. The van der Waals surface area contributed by atoms with Gasteiger partial charge in [-0.3, -0.25) is 4.98 Å². The molecule has 0 bridgehead atoms. The Bertz CT molecular complexity index is 740. The maximum atomic E-state index is 4.55. The van der Waals surface area contributed by atoms with E-state index in [1.54, 1.807) is 6.20 Å². The Morgan fingerprint density at radius 3 is 2.71 bits per heavy atom. The van der Waals surface area contributed by atoms with E-state index in [9.17, 15) is 0 Å². The molecule has 0 aliphatic carbocycles.